The molecule has 0 spiro atoms. The van der Waals surface area contributed by atoms with Gasteiger partial charge in [0.2, 0.25) is 0 Å². The molecule has 1 aliphatic carbocycles. The van der Waals surface area contributed by atoms with Gasteiger partial charge in [0, 0.05) is 26.2 Å². The van der Waals surface area contributed by atoms with Crippen LogP contribution in [0.4, 0.5) is 0 Å². The summed E-state index contributed by atoms with van der Waals surface area (Å²) in [5, 5.41) is 8.95. The maximum absolute atomic E-state index is 11.7. The van der Waals surface area contributed by atoms with Crippen LogP contribution in [0.5, 0.6) is 0 Å². The van der Waals surface area contributed by atoms with Crippen molar-refractivity contribution in [1.29, 1.82) is 0 Å². The second kappa shape index (κ2) is 18.0. The normalized spacial score (nSPS) is 19.9. The highest BCUT2D eigenvalue weighted by Crippen LogP contribution is 2.33. The third-order valence-electron chi connectivity index (χ3n) is 6.16. The predicted octanol–water partition coefficient (Wildman–Crippen LogP) is 6.55. The summed E-state index contributed by atoms with van der Waals surface area (Å²) in [6.45, 7) is 5.04. The zero-order valence-electron chi connectivity index (χ0n) is 21.2. The summed E-state index contributed by atoms with van der Waals surface area (Å²) in [5.74, 6) is -1.15. The van der Waals surface area contributed by atoms with E-state index in [4.69, 9.17) is 14.6 Å². The summed E-state index contributed by atoms with van der Waals surface area (Å²) < 4.78 is 11.1. The Balaban J connectivity index is 2.70. The smallest absolute Gasteiger partial charge is 0.303 e. The lowest BCUT2D eigenvalue weighted by Crippen LogP contribution is -2.32. The van der Waals surface area contributed by atoms with Crippen molar-refractivity contribution in [3.05, 3.63) is 36.5 Å². The number of carbonyl (C=O) groups is 3. The summed E-state index contributed by atoms with van der Waals surface area (Å²) in [7, 11) is 0. The van der Waals surface area contributed by atoms with Crippen LogP contribution in [0.3, 0.4) is 0 Å². The Morgan fingerprint density at radius 1 is 0.912 bits per heavy atom. The Kier molecular flexibility index (Phi) is 15.7. The van der Waals surface area contributed by atoms with Crippen LogP contribution in [0, 0.1) is 11.8 Å². The number of hydrogen-bond acceptors (Lipinski definition) is 5. The lowest BCUT2D eigenvalue weighted by Gasteiger charge is -2.33. The molecule has 0 aromatic heterocycles. The molecule has 0 saturated carbocycles. The number of esters is 2. The molecule has 2 unspecified atom stereocenters. The number of unbranched alkanes of at least 4 members (excludes halogenated alkanes) is 5. The van der Waals surface area contributed by atoms with Gasteiger partial charge in [-0.3, -0.25) is 14.4 Å². The number of carbonyl (C=O) groups excluding carboxylic acids is 2. The average molecular weight is 477 g/mol. The number of carboxylic acids is 1. The summed E-state index contributed by atoms with van der Waals surface area (Å²) in [4.78, 5) is 34.0. The minimum absolute atomic E-state index is 0.0692. The highest BCUT2D eigenvalue weighted by atomic mass is 16.5. The number of hydrogen-bond donors (Lipinski definition) is 1. The van der Waals surface area contributed by atoms with Gasteiger partial charge >= 0.3 is 17.9 Å². The zero-order valence-corrected chi connectivity index (χ0v) is 21.2. The summed E-state index contributed by atoms with van der Waals surface area (Å²) in [5.41, 5.74) is 0. The maximum Gasteiger partial charge on any atom is 0.303 e. The minimum atomic E-state index is -0.838. The molecule has 0 heterocycles. The molecule has 4 atom stereocenters. The molecule has 1 rings (SSSR count). The Bertz CT molecular complexity index is 693. The first-order chi connectivity index (χ1) is 16.3. The molecule has 6 nitrogen and oxygen atoms in total. The van der Waals surface area contributed by atoms with Gasteiger partial charge in [-0.25, -0.2) is 0 Å². The van der Waals surface area contributed by atoms with Crippen molar-refractivity contribution in [1.82, 2.24) is 0 Å². The molecule has 0 aromatic rings. The molecule has 192 valence electrons. The first kappa shape index (κ1) is 29.7. The van der Waals surface area contributed by atoms with E-state index >= 15 is 0 Å². The highest BCUT2D eigenvalue weighted by molar-refractivity contribution is 5.67. The van der Waals surface area contributed by atoms with Crippen molar-refractivity contribution in [2.45, 2.75) is 110 Å². The van der Waals surface area contributed by atoms with Crippen LogP contribution in [0.25, 0.3) is 0 Å². The lowest BCUT2D eigenvalue weighted by molar-refractivity contribution is -0.150. The van der Waals surface area contributed by atoms with Crippen molar-refractivity contribution in [3.8, 4) is 0 Å². The van der Waals surface area contributed by atoms with Crippen LogP contribution in [-0.2, 0) is 23.9 Å². The van der Waals surface area contributed by atoms with E-state index in [9.17, 15) is 14.4 Å². The third kappa shape index (κ3) is 14.0. The molecule has 34 heavy (non-hydrogen) atoms. The molecule has 0 aromatic carbocycles. The average Bonchev–Trinajstić information content (AvgIpc) is 2.77. The Morgan fingerprint density at radius 3 is 2.26 bits per heavy atom. The van der Waals surface area contributed by atoms with E-state index in [2.05, 4.69) is 25.2 Å². The van der Waals surface area contributed by atoms with Crippen molar-refractivity contribution < 1.29 is 29.0 Å². The molecule has 0 saturated heterocycles. The fourth-order valence-electron chi connectivity index (χ4n) is 4.46. The fraction of sp³-hybridized carbons (Fsp3) is 0.679. The van der Waals surface area contributed by atoms with Crippen molar-refractivity contribution in [2.24, 2.45) is 11.8 Å². The molecular weight excluding hydrogens is 432 g/mol. The van der Waals surface area contributed by atoms with Crippen LogP contribution in [-0.4, -0.2) is 35.2 Å². The van der Waals surface area contributed by atoms with E-state index in [1.54, 1.807) is 0 Å². The van der Waals surface area contributed by atoms with E-state index in [0.29, 0.717) is 12.8 Å². The van der Waals surface area contributed by atoms with Crippen molar-refractivity contribution >= 4 is 17.9 Å². The van der Waals surface area contributed by atoms with Gasteiger partial charge in [0.25, 0.3) is 0 Å². The topological polar surface area (TPSA) is 89.9 Å². The maximum atomic E-state index is 11.7. The third-order valence-corrected chi connectivity index (χ3v) is 6.16. The first-order valence-corrected chi connectivity index (χ1v) is 12.9. The van der Waals surface area contributed by atoms with Crippen molar-refractivity contribution in [2.75, 3.05) is 0 Å². The van der Waals surface area contributed by atoms with Gasteiger partial charge in [0.1, 0.15) is 12.2 Å². The van der Waals surface area contributed by atoms with E-state index in [1.165, 1.54) is 39.5 Å². The molecule has 6 heteroatoms. The van der Waals surface area contributed by atoms with Gasteiger partial charge in [-0.1, -0.05) is 69.4 Å². The standard InChI is InChI=1S/C28H44O6/c1-4-5-6-7-8-9-17-25(33-22(2)29)18-12-10-15-24-16-11-13-19-26(24)27(34-23(3)30)20-14-21-28(31)32/h10-13,15,18,24-27H,4-9,14,16-17,19-21H2,1-3H3,(H,31,32)/b15-10+,18-12+/t24-,25?,26+,27?/m0/s1. The van der Waals surface area contributed by atoms with Gasteiger partial charge in [-0.05, 0) is 50.5 Å². The SMILES string of the molecule is CCCCCCCCC(/C=C/C=C/[C@H]1CC=CC[C@H]1C(CCCC(=O)O)OC(C)=O)OC(C)=O. The van der Waals surface area contributed by atoms with Crippen LogP contribution < -0.4 is 0 Å². The largest absolute Gasteiger partial charge is 0.481 e. The van der Waals surface area contributed by atoms with Crippen molar-refractivity contribution in [3.63, 3.8) is 0 Å². The predicted molar refractivity (Wildman–Crippen MR) is 134 cm³/mol. The molecule has 0 fully saturated rings. The molecule has 0 amide bonds. The van der Waals surface area contributed by atoms with Gasteiger partial charge in [0.05, 0.1) is 0 Å². The number of allylic oxidation sites excluding steroid dienone is 5. The van der Waals surface area contributed by atoms with E-state index in [0.717, 1.165) is 32.1 Å². The van der Waals surface area contributed by atoms with Gasteiger partial charge in [0.15, 0.2) is 0 Å². The Morgan fingerprint density at radius 2 is 1.59 bits per heavy atom. The Hall–Kier alpha value is -2.37. The molecule has 0 aliphatic heterocycles. The van der Waals surface area contributed by atoms with Crippen LogP contribution in [0.15, 0.2) is 36.5 Å². The highest BCUT2D eigenvalue weighted by Gasteiger charge is 2.30. The molecule has 1 N–H and O–H groups in total. The number of rotatable bonds is 17. The second-order valence-corrected chi connectivity index (χ2v) is 9.18. The van der Waals surface area contributed by atoms with Gasteiger partial charge < -0.3 is 14.6 Å². The summed E-state index contributed by atoms with van der Waals surface area (Å²) >= 11 is 0. The zero-order chi connectivity index (χ0) is 25.2. The van der Waals surface area contributed by atoms with E-state index < -0.39 is 5.97 Å². The van der Waals surface area contributed by atoms with Gasteiger partial charge in [-0.15, -0.1) is 0 Å². The van der Waals surface area contributed by atoms with Crippen LogP contribution in [0.2, 0.25) is 0 Å². The Labute approximate surface area is 205 Å². The van der Waals surface area contributed by atoms with Gasteiger partial charge in [-0.2, -0.15) is 0 Å². The number of ether oxygens (including phenoxy) is 2. The molecular formula is C28H44O6. The minimum Gasteiger partial charge on any atom is -0.481 e. The monoisotopic (exact) mass is 476 g/mol. The fourth-order valence-corrected chi connectivity index (χ4v) is 4.46. The number of carboxylic acid groups (broad SMARTS) is 1. The first-order valence-electron chi connectivity index (χ1n) is 12.9. The quantitative estimate of drug-likeness (QED) is 0.111. The second-order valence-electron chi connectivity index (χ2n) is 9.18. The molecule has 0 radical (unpaired) electrons. The van der Waals surface area contributed by atoms with E-state index in [-0.39, 0.29) is 42.4 Å². The van der Waals surface area contributed by atoms with Crippen LogP contribution >= 0.6 is 0 Å². The molecule has 0 bridgehead atoms. The van der Waals surface area contributed by atoms with E-state index in [1.807, 2.05) is 18.2 Å². The lowest BCUT2D eigenvalue weighted by atomic mass is 9.78. The molecule has 1 aliphatic rings. The summed E-state index contributed by atoms with van der Waals surface area (Å²) in [6.07, 6.45) is 22.4. The summed E-state index contributed by atoms with van der Waals surface area (Å²) in [6, 6.07) is 0. The van der Waals surface area contributed by atoms with Crippen LogP contribution in [0.1, 0.15) is 97.8 Å². The number of aliphatic carboxylic acids is 1.